The van der Waals surface area contributed by atoms with Crippen molar-refractivity contribution in [3.63, 3.8) is 0 Å². The van der Waals surface area contributed by atoms with Gasteiger partial charge in [-0.3, -0.25) is 20.0 Å². The van der Waals surface area contributed by atoms with Gasteiger partial charge in [-0.25, -0.2) is 0 Å². The van der Waals surface area contributed by atoms with Crippen molar-refractivity contribution in [2.75, 3.05) is 0 Å². The van der Waals surface area contributed by atoms with Crippen LogP contribution in [0.15, 0.2) is 18.2 Å². The molecule has 2 unspecified atom stereocenters. The van der Waals surface area contributed by atoms with E-state index in [1.165, 1.54) is 18.2 Å². The third-order valence-corrected chi connectivity index (χ3v) is 2.86. The number of nitro benzene ring substituents is 1. The molecule has 5 N–H and O–H groups in total. The van der Waals surface area contributed by atoms with Crippen molar-refractivity contribution >= 4 is 22.5 Å². The van der Waals surface area contributed by atoms with E-state index < -0.39 is 29.5 Å². The molecule has 2 atom stereocenters. The molecular formula is C11H12N4O5. The van der Waals surface area contributed by atoms with E-state index in [0.717, 1.165) is 0 Å². The summed E-state index contributed by atoms with van der Waals surface area (Å²) >= 11 is 0. The highest BCUT2D eigenvalue weighted by Crippen LogP contribution is 2.30. The molecule has 0 radical (unpaired) electrons. The van der Waals surface area contributed by atoms with Crippen LogP contribution in [0.1, 0.15) is 18.2 Å². The number of hydrogen-bond donors (Lipinski definition) is 4. The van der Waals surface area contributed by atoms with Crippen LogP contribution in [0.25, 0.3) is 10.9 Å². The Labute approximate surface area is 112 Å². The molecule has 0 aliphatic rings. The zero-order valence-electron chi connectivity index (χ0n) is 10.2. The summed E-state index contributed by atoms with van der Waals surface area (Å²) in [6.07, 6.45) is -3.30. The van der Waals surface area contributed by atoms with Gasteiger partial charge in [0.2, 0.25) is 5.91 Å². The molecule has 2 aromatic rings. The minimum atomic E-state index is -1.45. The van der Waals surface area contributed by atoms with E-state index in [1.807, 2.05) is 0 Å². The molecule has 20 heavy (non-hydrogen) atoms. The number of H-pyrrole nitrogens is 1. The number of aromatic nitrogens is 2. The predicted molar refractivity (Wildman–Crippen MR) is 67.5 cm³/mol. The zero-order chi connectivity index (χ0) is 14.9. The van der Waals surface area contributed by atoms with E-state index in [0.29, 0.717) is 5.39 Å². The van der Waals surface area contributed by atoms with Crippen molar-refractivity contribution in [3.05, 3.63) is 34.0 Å². The second-order valence-electron chi connectivity index (χ2n) is 4.25. The Kier molecular flexibility index (Phi) is 3.63. The SMILES string of the molecule is NC(=O)CC(O)C(O)c1[nH]nc2c([N+](=O)[O-])cccc12. The van der Waals surface area contributed by atoms with Gasteiger partial charge in [-0.15, -0.1) is 0 Å². The van der Waals surface area contributed by atoms with Gasteiger partial charge in [0.15, 0.2) is 5.52 Å². The largest absolute Gasteiger partial charge is 0.389 e. The second kappa shape index (κ2) is 5.23. The minimum absolute atomic E-state index is 0.0674. The number of nitrogens with one attached hydrogen (secondary N) is 1. The molecule has 1 heterocycles. The number of carbonyl (C=O) groups is 1. The van der Waals surface area contributed by atoms with Crippen LogP contribution in [0.4, 0.5) is 5.69 Å². The highest BCUT2D eigenvalue weighted by molar-refractivity contribution is 5.89. The van der Waals surface area contributed by atoms with Gasteiger partial charge in [-0.2, -0.15) is 5.10 Å². The molecule has 1 amide bonds. The van der Waals surface area contributed by atoms with Crippen molar-refractivity contribution in [1.29, 1.82) is 0 Å². The highest BCUT2D eigenvalue weighted by Gasteiger charge is 2.26. The van der Waals surface area contributed by atoms with Crippen LogP contribution in [0, 0.1) is 10.1 Å². The van der Waals surface area contributed by atoms with Gasteiger partial charge in [-0.05, 0) is 0 Å². The molecule has 0 bridgehead atoms. The van der Waals surface area contributed by atoms with Gasteiger partial charge in [0.05, 0.1) is 23.1 Å². The number of nitrogens with zero attached hydrogens (tertiary/aromatic N) is 2. The van der Waals surface area contributed by atoms with E-state index in [9.17, 15) is 25.1 Å². The van der Waals surface area contributed by atoms with Gasteiger partial charge in [0, 0.05) is 11.5 Å². The Balaban J connectivity index is 2.43. The van der Waals surface area contributed by atoms with Crippen molar-refractivity contribution in [1.82, 2.24) is 10.2 Å². The average Bonchev–Trinajstić information content (AvgIpc) is 2.80. The summed E-state index contributed by atoms with van der Waals surface area (Å²) in [5, 5.41) is 37.0. The summed E-state index contributed by atoms with van der Waals surface area (Å²) in [6.45, 7) is 0. The Morgan fingerprint density at radius 1 is 1.50 bits per heavy atom. The fourth-order valence-electron chi connectivity index (χ4n) is 1.93. The van der Waals surface area contributed by atoms with E-state index in [2.05, 4.69) is 10.2 Å². The van der Waals surface area contributed by atoms with Crippen molar-refractivity contribution in [3.8, 4) is 0 Å². The number of hydrogen-bond acceptors (Lipinski definition) is 6. The molecule has 0 aliphatic carbocycles. The van der Waals surface area contributed by atoms with Gasteiger partial charge in [-0.1, -0.05) is 12.1 Å². The van der Waals surface area contributed by atoms with Gasteiger partial charge in [0.1, 0.15) is 6.10 Å². The molecule has 0 aliphatic heterocycles. The molecule has 2 rings (SSSR count). The molecule has 0 fully saturated rings. The molecule has 0 saturated heterocycles. The van der Waals surface area contributed by atoms with Gasteiger partial charge in [0.25, 0.3) is 5.69 Å². The number of amides is 1. The second-order valence-corrected chi connectivity index (χ2v) is 4.25. The Hall–Kier alpha value is -2.52. The number of carbonyl (C=O) groups excluding carboxylic acids is 1. The maximum absolute atomic E-state index is 10.9. The molecule has 1 aromatic carbocycles. The quantitative estimate of drug-likeness (QED) is 0.436. The molecule has 106 valence electrons. The average molecular weight is 280 g/mol. The Morgan fingerprint density at radius 2 is 2.20 bits per heavy atom. The van der Waals surface area contributed by atoms with Crippen LogP contribution < -0.4 is 5.73 Å². The topological polar surface area (TPSA) is 155 Å². The Bertz CT molecular complexity index is 668. The molecule has 9 nitrogen and oxygen atoms in total. The summed E-state index contributed by atoms with van der Waals surface area (Å²) < 4.78 is 0. The lowest BCUT2D eigenvalue weighted by Crippen LogP contribution is -2.26. The standard InChI is InChI=1S/C11H12N4O5/c12-8(17)4-7(16)11(18)10-5-2-1-3-6(15(19)20)9(5)13-14-10/h1-3,7,11,16,18H,4H2,(H2,12,17)(H,13,14). The number of non-ortho nitro benzene ring substituents is 1. The van der Waals surface area contributed by atoms with E-state index >= 15 is 0 Å². The third kappa shape index (κ3) is 2.44. The van der Waals surface area contributed by atoms with Crippen LogP contribution >= 0.6 is 0 Å². The lowest BCUT2D eigenvalue weighted by molar-refractivity contribution is -0.383. The van der Waals surface area contributed by atoms with E-state index in [4.69, 9.17) is 5.73 Å². The monoisotopic (exact) mass is 280 g/mol. The van der Waals surface area contributed by atoms with Crippen LogP contribution in [0.2, 0.25) is 0 Å². The number of aliphatic hydroxyl groups is 2. The Morgan fingerprint density at radius 3 is 2.80 bits per heavy atom. The summed E-state index contributed by atoms with van der Waals surface area (Å²) in [5.41, 5.74) is 4.88. The minimum Gasteiger partial charge on any atom is -0.389 e. The van der Waals surface area contributed by atoms with Crippen molar-refractivity contribution in [2.45, 2.75) is 18.6 Å². The summed E-state index contributed by atoms with van der Waals surface area (Å²) in [7, 11) is 0. The summed E-state index contributed by atoms with van der Waals surface area (Å²) in [5.74, 6) is -0.772. The lowest BCUT2D eigenvalue weighted by atomic mass is 10.0. The molecule has 0 saturated carbocycles. The lowest BCUT2D eigenvalue weighted by Gasteiger charge is -2.15. The van der Waals surface area contributed by atoms with E-state index in [-0.39, 0.29) is 16.9 Å². The van der Waals surface area contributed by atoms with Crippen molar-refractivity contribution in [2.24, 2.45) is 5.73 Å². The van der Waals surface area contributed by atoms with Gasteiger partial charge >= 0.3 is 0 Å². The maximum atomic E-state index is 10.9. The number of nitro groups is 1. The maximum Gasteiger partial charge on any atom is 0.297 e. The first-order chi connectivity index (χ1) is 9.41. The van der Waals surface area contributed by atoms with Crippen molar-refractivity contribution < 1.29 is 19.9 Å². The molecular weight excluding hydrogens is 268 g/mol. The number of nitrogens with two attached hydrogens (primary N) is 1. The number of aromatic amines is 1. The smallest absolute Gasteiger partial charge is 0.297 e. The molecule has 1 aromatic heterocycles. The normalized spacial score (nSPS) is 14.1. The van der Waals surface area contributed by atoms with Gasteiger partial charge < -0.3 is 15.9 Å². The van der Waals surface area contributed by atoms with Crippen LogP contribution in [-0.2, 0) is 4.79 Å². The third-order valence-electron chi connectivity index (χ3n) is 2.86. The summed E-state index contributed by atoms with van der Waals surface area (Å²) in [4.78, 5) is 21.0. The number of primary amides is 1. The fourth-order valence-corrected chi connectivity index (χ4v) is 1.93. The molecule has 0 spiro atoms. The number of fused-ring (bicyclic) bond motifs is 1. The predicted octanol–water partition coefficient (Wildman–Crippen LogP) is -0.259. The highest BCUT2D eigenvalue weighted by atomic mass is 16.6. The first-order valence-corrected chi connectivity index (χ1v) is 5.67. The van der Waals surface area contributed by atoms with Crippen LogP contribution in [0.3, 0.4) is 0 Å². The fraction of sp³-hybridized carbons (Fsp3) is 0.273. The van der Waals surface area contributed by atoms with Crippen LogP contribution in [-0.4, -0.2) is 37.3 Å². The first-order valence-electron chi connectivity index (χ1n) is 5.67. The molecule has 9 heteroatoms. The number of rotatable bonds is 5. The number of aliphatic hydroxyl groups excluding tert-OH is 2. The number of benzene rings is 1. The van der Waals surface area contributed by atoms with Crippen LogP contribution in [0.5, 0.6) is 0 Å². The zero-order valence-corrected chi connectivity index (χ0v) is 10.2. The summed E-state index contributed by atoms with van der Waals surface area (Å²) in [6, 6.07) is 4.23. The first kappa shape index (κ1) is 13.9. The van der Waals surface area contributed by atoms with E-state index in [1.54, 1.807) is 0 Å². The number of para-hydroxylation sites is 1.